The fraction of sp³-hybridized carbons (Fsp3) is 0.621. The van der Waals surface area contributed by atoms with Crippen molar-refractivity contribution in [1.29, 1.82) is 0 Å². The van der Waals surface area contributed by atoms with Crippen molar-refractivity contribution in [2.24, 2.45) is 11.3 Å². The molecule has 0 aliphatic carbocycles. The first kappa shape index (κ1) is 27.2. The van der Waals surface area contributed by atoms with Gasteiger partial charge in [0.25, 0.3) is 5.56 Å². The number of nitrogens with zero attached hydrogens (tertiary/aromatic N) is 5. The third-order valence-electron chi connectivity index (χ3n) is 7.32. The van der Waals surface area contributed by atoms with Gasteiger partial charge >= 0.3 is 0 Å². The molecule has 8 nitrogen and oxygen atoms in total. The van der Waals surface area contributed by atoms with Crippen LogP contribution in [0.3, 0.4) is 0 Å². The molecule has 2 saturated heterocycles. The average molecular weight is 509 g/mol. The second-order valence-electron chi connectivity index (χ2n) is 12.1. The lowest BCUT2D eigenvalue weighted by molar-refractivity contribution is -0.132. The number of aryl methyl sites for hydroxylation is 1. The van der Waals surface area contributed by atoms with Crippen LogP contribution in [0.5, 0.6) is 0 Å². The van der Waals surface area contributed by atoms with Gasteiger partial charge in [-0.1, -0.05) is 39.8 Å². The van der Waals surface area contributed by atoms with Crippen LogP contribution in [-0.4, -0.2) is 78.0 Å². The molecule has 2 aliphatic rings. The SMILES string of the molecule is Cc1cccc(N2CCN(Cc3cc(=O)[nH]c(N4CCN(C(=O)CC(C)CC(C)(C)C)CC4)n3)CC2)c1. The molecule has 8 heteroatoms. The Bertz CT molecular complexity index is 1110. The van der Waals surface area contributed by atoms with E-state index in [0.29, 0.717) is 51.0 Å². The standard InChI is InChI=1S/C29H44N6O2/c1-22-7-6-8-25(17-22)33-11-9-32(10-12-33)21-24-19-26(36)31-28(30-24)35-15-13-34(14-16-35)27(37)18-23(2)20-29(3,4)5/h6-8,17,19,23H,9-16,18,20-21H2,1-5H3,(H,30,31,36). The van der Waals surface area contributed by atoms with Gasteiger partial charge < -0.3 is 14.7 Å². The van der Waals surface area contributed by atoms with Crippen molar-refractivity contribution in [1.82, 2.24) is 19.8 Å². The lowest BCUT2D eigenvalue weighted by Gasteiger charge is -2.37. The summed E-state index contributed by atoms with van der Waals surface area (Å²) < 4.78 is 0. The Morgan fingerprint density at radius 3 is 2.32 bits per heavy atom. The molecule has 0 radical (unpaired) electrons. The molecule has 1 unspecified atom stereocenters. The van der Waals surface area contributed by atoms with E-state index >= 15 is 0 Å². The fourth-order valence-corrected chi connectivity index (χ4v) is 5.65. The Morgan fingerprint density at radius 2 is 1.68 bits per heavy atom. The van der Waals surface area contributed by atoms with Crippen molar-refractivity contribution < 1.29 is 4.79 Å². The quantitative estimate of drug-likeness (QED) is 0.617. The Hall–Kier alpha value is -2.87. The lowest BCUT2D eigenvalue weighted by Crippen LogP contribution is -2.50. The van der Waals surface area contributed by atoms with Crippen LogP contribution in [0.15, 0.2) is 35.1 Å². The number of rotatable bonds is 7. The molecule has 1 atom stereocenters. The van der Waals surface area contributed by atoms with Gasteiger partial charge in [0, 0.05) is 77.1 Å². The number of aromatic amines is 1. The molecule has 2 aliphatic heterocycles. The third kappa shape index (κ3) is 7.81. The minimum absolute atomic E-state index is 0.118. The van der Waals surface area contributed by atoms with Crippen molar-refractivity contribution >= 4 is 17.5 Å². The smallest absolute Gasteiger partial charge is 0.252 e. The predicted molar refractivity (Wildman–Crippen MR) is 150 cm³/mol. The summed E-state index contributed by atoms with van der Waals surface area (Å²) in [6.07, 6.45) is 1.64. The van der Waals surface area contributed by atoms with Crippen molar-refractivity contribution in [3.05, 3.63) is 51.9 Å². The summed E-state index contributed by atoms with van der Waals surface area (Å²) in [6.45, 7) is 18.1. The maximum absolute atomic E-state index is 12.8. The van der Waals surface area contributed by atoms with Crippen LogP contribution in [0.1, 0.15) is 51.8 Å². The second kappa shape index (κ2) is 11.7. The van der Waals surface area contributed by atoms with Crippen LogP contribution >= 0.6 is 0 Å². The van der Waals surface area contributed by atoms with Crippen molar-refractivity contribution in [2.45, 2.75) is 54.0 Å². The predicted octanol–water partition coefficient (Wildman–Crippen LogP) is 3.51. The Morgan fingerprint density at radius 1 is 1.00 bits per heavy atom. The molecular weight excluding hydrogens is 464 g/mol. The van der Waals surface area contributed by atoms with E-state index in [4.69, 9.17) is 4.98 Å². The zero-order valence-electron chi connectivity index (χ0n) is 23.3. The molecule has 4 rings (SSSR count). The molecule has 1 amide bonds. The monoisotopic (exact) mass is 508 g/mol. The topological polar surface area (TPSA) is 75.8 Å². The van der Waals surface area contributed by atoms with Gasteiger partial charge in [-0.05, 0) is 42.4 Å². The van der Waals surface area contributed by atoms with E-state index in [2.05, 4.69) is 78.6 Å². The molecule has 1 aromatic heterocycles. The highest BCUT2D eigenvalue weighted by atomic mass is 16.2. The van der Waals surface area contributed by atoms with Gasteiger partial charge in [-0.2, -0.15) is 0 Å². The number of hydrogen-bond acceptors (Lipinski definition) is 6. The van der Waals surface area contributed by atoms with Gasteiger partial charge in [0.1, 0.15) is 0 Å². The summed E-state index contributed by atoms with van der Waals surface area (Å²) in [5.74, 6) is 1.23. The third-order valence-corrected chi connectivity index (χ3v) is 7.32. The zero-order valence-corrected chi connectivity index (χ0v) is 23.3. The molecule has 3 heterocycles. The summed E-state index contributed by atoms with van der Waals surface area (Å²) in [6, 6.07) is 10.3. The van der Waals surface area contributed by atoms with E-state index in [9.17, 15) is 9.59 Å². The van der Waals surface area contributed by atoms with E-state index in [0.717, 1.165) is 38.3 Å². The first-order valence-electron chi connectivity index (χ1n) is 13.7. The Balaban J connectivity index is 1.29. The van der Waals surface area contributed by atoms with Gasteiger partial charge in [-0.15, -0.1) is 0 Å². The lowest BCUT2D eigenvalue weighted by atomic mass is 9.84. The Labute approximate surface area is 221 Å². The van der Waals surface area contributed by atoms with Gasteiger partial charge in [0.2, 0.25) is 11.9 Å². The molecule has 1 N–H and O–H groups in total. The molecule has 2 aromatic rings. The van der Waals surface area contributed by atoms with Gasteiger partial charge in [0.15, 0.2) is 0 Å². The number of amides is 1. The van der Waals surface area contributed by atoms with Crippen LogP contribution in [0.4, 0.5) is 11.6 Å². The van der Waals surface area contributed by atoms with Crippen LogP contribution in [-0.2, 0) is 11.3 Å². The van der Waals surface area contributed by atoms with E-state index in [1.54, 1.807) is 6.07 Å². The number of aromatic nitrogens is 2. The number of carbonyl (C=O) groups excluding carboxylic acids is 1. The number of nitrogens with one attached hydrogen (secondary N) is 1. The number of anilines is 2. The first-order valence-corrected chi connectivity index (χ1v) is 13.7. The van der Waals surface area contributed by atoms with Crippen molar-refractivity contribution in [3.8, 4) is 0 Å². The second-order valence-corrected chi connectivity index (χ2v) is 12.1. The fourth-order valence-electron chi connectivity index (χ4n) is 5.65. The number of H-pyrrole nitrogens is 1. The number of carbonyl (C=O) groups is 1. The van der Waals surface area contributed by atoms with E-state index < -0.39 is 0 Å². The summed E-state index contributed by atoms with van der Waals surface area (Å²) >= 11 is 0. The van der Waals surface area contributed by atoms with Crippen molar-refractivity contribution in [3.63, 3.8) is 0 Å². The van der Waals surface area contributed by atoms with Gasteiger partial charge in [0.05, 0.1) is 5.69 Å². The minimum Gasteiger partial charge on any atom is -0.369 e. The van der Waals surface area contributed by atoms with Gasteiger partial charge in [-0.3, -0.25) is 19.5 Å². The highest BCUT2D eigenvalue weighted by Crippen LogP contribution is 2.26. The number of piperazine rings is 2. The minimum atomic E-state index is -0.118. The Kier molecular flexibility index (Phi) is 8.57. The molecule has 0 saturated carbocycles. The maximum Gasteiger partial charge on any atom is 0.252 e. The molecule has 0 spiro atoms. The van der Waals surface area contributed by atoms with E-state index in [-0.39, 0.29) is 16.9 Å². The normalized spacial score (nSPS) is 18.2. The summed E-state index contributed by atoms with van der Waals surface area (Å²) in [5.41, 5.74) is 3.47. The summed E-state index contributed by atoms with van der Waals surface area (Å²) in [4.78, 5) is 41.9. The molecule has 37 heavy (non-hydrogen) atoms. The maximum atomic E-state index is 12.8. The molecule has 202 valence electrons. The molecular formula is C29H44N6O2. The van der Waals surface area contributed by atoms with Crippen LogP contribution in [0, 0.1) is 18.3 Å². The van der Waals surface area contributed by atoms with Crippen LogP contribution in [0.2, 0.25) is 0 Å². The number of hydrogen-bond donors (Lipinski definition) is 1. The van der Waals surface area contributed by atoms with E-state index in [1.165, 1.54) is 11.3 Å². The highest BCUT2D eigenvalue weighted by molar-refractivity contribution is 5.76. The van der Waals surface area contributed by atoms with Crippen molar-refractivity contribution in [2.75, 3.05) is 62.2 Å². The molecule has 0 bridgehead atoms. The summed E-state index contributed by atoms with van der Waals surface area (Å²) in [5, 5.41) is 0. The van der Waals surface area contributed by atoms with E-state index in [1.807, 2.05) is 4.90 Å². The molecule has 2 fully saturated rings. The van der Waals surface area contributed by atoms with Gasteiger partial charge in [-0.25, -0.2) is 4.98 Å². The highest BCUT2D eigenvalue weighted by Gasteiger charge is 2.26. The van der Waals surface area contributed by atoms with Crippen LogP contribution < -0.4 is 15.4 Å². The summed E-state index contributed by atoms with van der Waals surface area (Å²) in [7, 11) is 0. The first-order chi connectivity index (χ1) is 17.6. The number of benzene rings is 1. The molecule has 1 aromatic carbocycles. The largest absolute Gasteiger partial charge is 0.369 e. The zero-order chi connectivity index (χ0) is 26.6. The average Bonchev–Trinajstić information content (AvgIpc) is 2.83. The van der Waals surface area contributed by atoms with Crippen LogP contribution in [0.25, 0.3) is 0 Å².